The molecular formula is C30H33N3O2. The van der Waals surface area contributed by atoms with Gasteiger partial charge in [-0.1, -0.05) is 62.7 Å². The lowest BCUT2D eigenvalue weighted by atomic mass is 10.0. The topological polar surface area (TPSA) is 55.2 Å². The molecular weight excluding hydrogens is 434 g/mol. The van der Waals surface area contributed by atoms with E-state index in [0.29, 0.717) is 28.8 Å². The van der Waals surface area contributed by atoms with E-state index in [9.17, 15) is 9.59 Å². The van der Waals surface area contributed by atoms with Gasteiger partial charge in [-0.05, 0) is 68.1 Å². The van der Waals surface area contributed by atoms with E-state index in [4.69, 9.17) is 4.98 Å². The zero-order valence-corrected chi connectivity index (χ0v) is 20.8. The first-order valence-electron chi connectivity index (χ1n) is 12.5. The second-order valence-corrected chi connectivity index (χ2v) is 8.94. The Balaban J connectivity index is 1.78. The molecule has 0 aliphatic rings. The molecule has 0 N–H and O–H groups in total. The Labute approximate surface area is 207 Å². The van der Waals surface area contributed by atoms with Gasteiger partial charge in [-0.15, -0.1) is 0 Å². The van der Waals surface area contributed by atoms with Crippen LogP contribution in [0, 0.1) is 0 Å². The van der Waals surface area contributed by atoms with Crippen LogP contribution in [-0.2, 0) is 6.42 Å². The summed E-state index contributed by atoms with van der Waals surface area (Å²) in [4.78, 5) is 34.0. The van der Waals surface area contributed by atoms with Gasteiger partial charge in [0, 0.05) is 12.1 Å². The van der Waals surface area contributed by atoms with E-state index in [1.807, 2.05) is 84.6 Å². The third-order valence-electron chi connectivity index (χ3n) is 6.40. The summed E-state index contributed by atoms with van der Waals surface area (Å²) in [5.41, 5.74) is 3.14. The molecule has 0 aliphatic heterocycles. The van der Waals surface area contributed by atoms with Gasteiger partial charge >= 0.3 is 0 Å². The highest BCUT2D eigenvalue weighted by Gasteiger charge is 2.27. The predicted octanol–water partition coefficient (Wildman–Crippen LogP) is 6.34. The summed E-state index contributed by atoms with van der Waals surface area (Å²) in [7, 11) is 0. The molecule has 35 heavy (non-hydrogen) atoms. The molecule has 4 rings (SSSR count). The summed E-state index contributed by atoms with van der Waals surface area (Å²) in [6.45, 7) is 6.75. The number of benzene rings is 3. The number of unbranched alkanes of at least 4 members (excludes halogenated alkanes) is 1. The first-order valence-corrected chi connectivity index (χ1v) is 12.5. The number of rotatable bonds is 9. The number of aryl methyl sites for hydroxylation is 1. The molecule has 1 unspecified atom stereocenters. The Morgan fingerprint density at radius 3 is 2.29 bits per heavy atom. The Kier molecular flexibility index (Phi) is 7.76. The van der Waals surface area contributed by atoms with Crippen molar-refractivity contribution in [1.82, 2.24) is 14.5 Å². The number of nitrogens with zero attached hydrogens (tertiary/aromatic N) is 3. The molecule has 5 heteroatoms. The molecule has 1 amide bonds. The minimum atomic E-state index is -0.403. The molecule has 0 radical (unpaired) electrons. The maximum Gasteiger partial charge on any atom is 0.266 e. The quantitative estimate of drug-likeness (QED) is 0.289. The molecule has 5 nitrogen and oxygen atoms in total. The maximum atomic E-state index is 13.7. The fourth-order valence-corrected chi connectivity index (χ4v) is 4.47. The van der Waals surface area contributed by atoms with Crippen LogP contribution in [0.25, 0.3) is 16.6 Å². The predicted molar refractivity (Wildman–Crippen MR) is 142 cm³/mol. The zero-order chi connectivity index (χ0) is 24.8. The molecule has 1 aromatic heterocycles. The average molecular weight is 468 g/mol. The Bertz CT molecular complexity index is 1340. The number of carbonyl (C=O) groups is 1. The summed E-state index contributed by atoms with van der Waals surface area (Å²) in [6.07, 6.45) is 4.10. The highest BCUT2D eigenvalue weighted by Crippen LogP contribution is 2.25. The van der Waals surface area contributed by atoms with Crippen molar-refractivity contribution in [1.29, 1.82) is 0 Å². The van der Waals surface area contributed by atoms with E-state index in [2.05, 4.69) is 13.8 Å². The van der Waals surface area contributed by atoms with Crippen LogP contribution >= 0.6 is 0 Å². The van der Waals surface area contributed by atoms with Crippen molar-refractivity contribution in [2.24, 2.45) is 0 Å². The average Bonchev–Trinajstić information content (AvgIpc) is 2.90. The van der Waals surface area contributed by atoms with Gasteiger partial charge in [0.05, 0.1) is 22.6 Å². The number of para-hydroxylation sites is 2. The van der Waals surface area contributed by atoms with Crippen molar-refractivity contribution >= 4 is 16.8 Å². The van der Waals surface area contributed by atoms with Crippen LogP contribution in [-0.4, -0.2) is 26.9 Å². The Morgan fingerprint density at radius 1 is 0.914 bits per heavy atom. The minimum absolute atomic E-state index is 0.0524. The molecule has 0 fully saturated rings. The molecule has 1 atom stereocenters. The lowest BCUT2D eigenvalue weighted by molar-refractivity contribution is 0.0681. The van der Waals surface area contributed by atoms with Crippen LogP contribution in [0.5, 0.6) is 0 Å². The van der Waals surface area contributed by atoms with Crippen LogP contribution in [0.1, 0.15) is 67.8 Å². The van der Waals surface area contributed by atoms with Gasteiger partial charge in [0.1, 0.15) is 5.82 Å². The van der Waals surface area contributed by atoms with Gasteiger partial charge < -0.3 is 4.90 Å². The van der Waals surface area contributed by atoms with Gasteiger partial charge in [0.2, 0.25) is 0 Å². The number of aromatic nitrogens is 2. The van der Waals surface area contributed by atoms with Crippen molar-refractivity contribution in [3.8, 4) is 5.69 Å². The maximum absolute atomic E-state index is 13.7. The van der Waals surface area contributed by atoms with Crippen LogP contribution in [0.15, 0.2) is 83.7 Å². The second kappa shape index (κ2) is 11.1. The van der Waals surface area contributed by atoms with Gasteiger partial charge in [0.15, 0.2) is 0 Å². The Morgan fingerprint density at radius 2 is 1.60 bits per heavy atom. The van der Waals surface area contributed by atoms with Gasteiger partial charge in [-0.3, -0.25) is 14.2 Å². The summed E-state index contributed by atoms with van der Waals surface area (Å²) in [6, 6.07) is 24.4. The first-order chi connectivity index (χ1) is 17.0. The first kappa shape index (κ1) is 24.4. The van der Waals surface area contributed by atoms with E-state index < -0.39 is 6.04 Å². The lowest BCUT2D eigenvalue weighted by Crippen LogP contribution is -2.38. The zero-order valence-electron chi connectivity index (χ0n) is 20.8. The molecule has 4 aromatic rings. The fraction of sp³-hybridized carbons (Fsp3) is 0.300. The lowest BCUT2D eigenvalue weighted by Gasteiger charge is -2.30. The van der Waals surface area contributed by atoms with Gasteiger partial charge in [-0.25, -0.2) is 4.98 Å². The molecule has 0 saturated heterocycles. The van der Waals surface area contributed by atoms with Crippen LogP contribution in [0.3, 0.4) is 0 Å². The highest BCUT2D eigenvalue weighted by molar-refractivity contribution is 5.94. The van der Waals surface area contributed by atoms with Crippen LogP contribution in [0.4, 0.5) is 0 Å². The summed E-state index contributed by atoms with van der Waals surface area (Å²) in [5.74, 6) is 0.504. The molecule has 0 spiro atoms. The summed E-state index contributed by atoms with van der Waals surface area (Å²) >= 11 is 0. The van der Waals surface area contributed by atoms with E-state index in [0.717, 1.165) is 31.4 Å². The summed E-state index contributed by atoms with van der Waals surface area (Å²) in [5, 5.41) is 0.559. The van der Waals surface area contributed by atoms with Crippen LogP contribution in [0.2, 0.25) is 0 Å². The number of hydrogen-bond donors (Lipinski definition) is 0. The van der Waals surface area contributed by atoms with Crippen molar-refractivity contribution in [2.75, 3.05) is 6.54 Å². The third kappa shape index (κ3) is 5.19. The number of fused-ring (bicyclic) bond motifs is 1. The fourth-order valence-electron chi connectivity index (χ4n) is 4.47. The van der Waals surface area contributed by atoms with Crippen molar-refractivity contribution in [3.05, 3.63) is 106 Å². The van der Waals surface area contributed by atoms with Crippen LogP contribution < -0.4 is 5.56 Å². The van der Waals surface area contributed by atoms with E-state index >= 15 is 0 Å². The van der Waals surface area contributed by atoms with Crippen molar-refractivity contribution in [3.63, 3.8) is 0 Å². The van der Waals surface area contributed by atoms with Crippen molar-refractivity contribution in [2.45, 2.75) is 52.5 Å². The smallest absolute Gasteiger partial charge is 0.266 e. The highest BCUT2D eigenvalue weighted by atomic mass is 16.2. The molecule has 0 bridgehead atoms. The number of carbonyl (C=O) groups excluding carboxylic acids is 1. The van der Waals surface area contributed by atoms with E-state index in [1.165, 1.54) is 5.56 Å². The van der Waals surface area contributed by atoms with E-state index in [-0.39, 0.29) is 11.5 Å². The van der Waals surface area contributed by atoms with E-state index in [1.54, 1.807) is 10.6 Å². The normalized spacial score (nSPS) is 12.0. The molecule has 180 valence electrons. The number of hydrogen-bond acceptors (Lipinski definition) is 3. The molecule has 0 aliphatic carbocycles. The largest absolute Gasteiger partial charge is 0.329 e. The molecule has 0 saturated carbocycles. The SMILES string of the molecule is CCCCc1ccc(C(=O)N(CCC)C(C)c2nc3ccccc3c(=O)n2-c2ccccc2)cc1. The van der Waals surface area contributed by atoms with Gasteiger partial charge in [-0.2, -0.15) is 0 Å². The second-order valence-electron chi connectivity index (χ2n) is 8.94. The number of amides is 1. The monoisotopic (exact) mass is 467 g/mol. The summed E-state index contributed by atoms with van der Waals surface area (Å²) < 4.78 is 1.65. The molecule has 3 aromatic carbocycles. The standard InChI is InChI=1S/C30H33N3O2/c1-4-6-12-23-17-19-24(20-18-23)29(34)32(21-5-2)22(3)28-31-27-16-11-10-15-26(27)30(35)33(28)25-13-8-7-9-14-25/h7-11,13-20,22H,4-6,12,21H2,1-3H3. The van der Waals surface area contributed by atoms with Crippen molar-refractivity contribution < 1.29 is 4.79 Å². The van der Waals surface area contributed by atoms with Gasteiger partial charge in [0.25, 0.3) is 11.5 Å². The Hall–Kier alpha value is -3.73. The minimum Gasteiger partial charge on any atom is -0.329 e. The molecule has 1 heterocycles. The third-order valence-corrected chi connectivity index (χ3v) is 6.40.